The van der Waals surface area contributed by atoms with Crippen LogP contribution in [0.3, 0.4) is 0 Å². The van der Waals surface area contributed by atoms with E-state index in [1.807, 2.05) is 6.07 Å². The lowest BCUT2D eigenvalue weighted by Crippen LogP contribution is -2.35. The van der Waals surface area contributed by atoms with Crippen LogP contribution in [-0.4, -0.2) is 11.7 Å². The van der Waals surface area contributed by atoms with E-state index in [0.29, 0.717) is 4.47 Å². The van der Waals surface area contributed by atoms with Gasteiger partial charge < -0.3 is 5.11 Å². The Hall–Kier alpha value is -0.410. The molecule has 15 heavy (non-hydrogen) atoms. The molecule has 0 aliphatic heterocycles. The summed E-state index contributed by atoms with van der Waals surface area (Å²) in [7, 11) is 0. The third-order valence-corrected chi connectivity index (χ3v) is 4.23. The van der Waals surface area contributed by atoms with Crippen molar-refractivity contribution in [1.82, 2.24) is 0 Å². The fourth-order valence-corrected chi connectivity index (χ4v) is 2.56. The van der Waals surface area contributed by atoms with E-state index in [1.165, 1.54) is 12.5 Å². The first kappa shape index (κ1) is 11.1. The van der Waals surface area contributed by atoms with E-state index < -0.39 is 0 Å². The zero-order valence-corrected chi connectivity index (χ0v) is 10.1. The van der Waals surface area contributed by atoms with Gasteiger partial charge in [0.2, 0.25) is 0 Å². The second-order valence-electron chi connectivity index (χ2n) is 4.40. The zero-order chi connectivity index (χ0) is 10.9. The zero-order valence-electron chi connectivity index (χ0n) is 8.47. The molecule has 1 saturated carbocycles. The summed E-state index contributed by atoms with van der Waals surface area (Å²) in [6.45, 7) is 0.204. The SMILES string of the molecule is OCC1(Cc2cccc(F)c2Br)CCC1. The fourth-order valence-electron chi connectivity index (χ4n) is 2.16. The predicted octanol–water partition coefficient (Wildman–Crippen LogP) is 3.29. The van der Waals surface area contributed by atoms with Crippen LogP contribution in [0.1, 0.15) is 24.8 Å². The quantitative estimate of drug-likeness (QED) is 0.896. The largest absolute Gasteiger partial charge is 0.396 e. The first-order valence-corrected chi connectivity index (χ1v) is 6.00. The summed E-state index contributed by atoms with van der Waals surface area (Å²) in [6.07, 6.45) is 4.04. The molecule has 1 aliphatic carbocycles. The van der Waals surface area contributed by atoms with Gasteiger partial charge in [-0.3, -0.25) is 0 Å². The van der Waals surface area contributed by atoms with Crippen molar-refractivity contribution in [2.45, 2.75) is 25.7 Å². The summed E-state index contributed by atoms with van der Waals surface area (Å²) < 4.78 is 13.8. The van der Waals surface area contributed by atoms with Crippen LogP contribution in [0.2, 0.25) is 0 Å². The molecule has 0 heterocycles. The van der Waals surface area contributed by atoms with Crippen LogP contribution in [0.25, 0.3) is 0 Å². The van der Waals surface area contributed by atoms with Crippen molar-refractivity contribution in [3.8, 4) is 0 Å². The maximum absolute atomic E-state index is 13.3. The Bertz CT molecular complexity index is 355. The highest BCUT2D eigenvalue weighted by atomic mass is 79.9. The maximum atomic E-state index is 13.3. The second-order valence-corrected chi connectivity index (χ2v) is 5.19. The molecule has 0 atom stereocenters. The van der Waals surface area contributed by atoms with E-state index in [4.69, 9.17) is 0 Å². The smallest absolute Gasteiger partial charge is 0.137 e. The summed E-state index contributed by atoms with van der Waals surface area (Å²) in [4.78, 5) is 0. The summed E-state index contributed by atoms with van der Waals surface area (Å²) in [5, 5.41) is 9.35. The third-order valence-electron chi connectivity index (χ3n) is 3.35. The number of hydrogen-bond donors (Lipinski definition) is 1. The summed E-state index contributed by atoms with van der Waals surface area (Å²) in [5.74, 6) is -0.222. The standard InChI is InChI=1S/C12H14BrFO/c13-11-9(3-1-4-10(11)14)7-12(8-15)5-2-6-12/h1,3-4,15H,2,5-8H2. The first-order valence-electron chi connectivity index (χ1n) is 5.21. The molecule has 2 rings (SSSR count). The summed E-state index contributed by atoms with van der Waals surface area (Å²) in [6, 6.07) is 5.09. The molecule has 82 valence electrons. The van der Waals surface area contributed by atoms with Crippen molar-refractivity contribution in [3.05, 3.63) is 34.1 Å². The van der Waals surface area contributed by atoms with Crippen LogP contribution < -0.4 is 0 Å². The second kappa shape index (κ2) is 4.22. The van der Waals surface area contributed by atoms with E-state index in [-0.39, 0.29) is 17.8 Å². The molecular formula is C12H14BrFO. The van der Waals surface area contributed by atoms with Crippen LogP contribution in [0.15, 0.2) is 22.7 Å². The Morgan fingerprint density at radius 3 is 2.67 bits per heavy atom. The van der Waals surface area contributed by atoms with Gasteiger partial charge in [-0.1, -0.05) is 18.6 Å². The van der Waals surface area contributed by atoms with E-state index in [2.05, 4.69) is 15.9 Å². The van der Waals surface area contributed by atoms with E-state index in [1.54, 1.807) is 6.07 Å². The van der Waals surface area contributed by atoms with Crippen LogP contribution in [-0.2, 0) is 6.42 Å². The molecule has 0 unspecified atom stereocenters. The topological polar surface area (TPSA) is 20.2 Å². The van der Waals surface area contributed by atoms with Gasteiger partial charge in [-0.15, -0.1) is 0 Å². The first-order chi connectivity index (χ1) is 7.17. The Morgan fingerprint density at radius 2 is 2.13 bits per heavy atom. The highest BCUT2D eigenvalue weighted by Crippen LogP contribution is 2.44. The van der Waals surface area contributed by atoms with Crippen molar-refractivity contribution < 1.29 is 9.50 Å². The number of rotatable bonds is 3. The number of aliphatic hydroxyl groups is 1. The molecule has 0 aromatic heterocycles. The van der Waals surface area contributed by atoms with Crippen molar-refractivity contribution in [1.29, 1.82) is 0 Å². The average molecular weight is 273 g/mol. The molecule has 1 nitrogen and oxygen atoms in total. The molecule has 0 radical (unpaired) electrons. The monoisotopic (exact) mass is 272 g/mol. The fraction of sp³-hybridized carbons (Fsp3) is 0.500. The van der Waals surface area contributed by atoms with Gasteiger partial charge in [0.15, 0.2) is 0 Å². The van der Waals surface area contributed by atoms with Crippen molar-refractivity contribution in [2.24, 2.45) is 5.41 Å². The molecule has 3 heteroatoms. The Morgan fingerprint density at radius 1 is 1.40 bits per heavy atom. The van der Waals surface area contributed by atoms with Gasteiger partial charge in [0.05, 0.1) is 4.47 Å². The minimum absolute atomic E-state index is 0.0102. The molecule has 0 saturated heterocycles. The summed E-state index contributed by atoms with van der Waals surface area (Å²) >= 11 is 3.26. The van der Waals surface area contributed by atoms with Gasteiger partial charge in [0.25, 0.3) is 0 Å². The molecule has 1 N–H and O–H groups in total. The van der Waals surface area contributed by atoms with Gasteiger partial charge >= 0.3 is 0 Å². The van der Waals surface area contributed by atoms with Crippen LogP contribution in [0.4, 0.5) is 4.39 Å². The highest BCUT2D eigenvalue weighted by Gasteiger charge is 2.36. The Kier molecular flexibility index (Phi) is 3.12. The third kappa shape index (κ3) is 2.08. The molecule has 1 aromatic carbocycles. The van der Waals surface area contributed by atoms with Gasteiger partial charge in [0.1, 0.15) is 5.82 Å². The lowest BCUT2D eigenvalue weighted by atomic mass is 9.66. The maximum Gasteiger partial charge on any atom is 0.137 e. The minimum atomic E-state index is -0.222. The number of benzene rings is 1. The molecule has 0 bridgehead atoms. The van der Waals surface area contributed by atoms with Crippen molar-refractivity contribution in [3.63, 3.8) is 0 Å². The Balaban J connectivity index is 2.20. The Labute approximate surface area is 97.4 Å². The van der Waals surface area contributed by atoms with Crippen LogP contribution >= 0.6 is 15.9 Å². The van der Waals surface area contributed by atoms with Crippen molar-refractivity contribution >= 4 is 15.9 Å². The molecule has 1 aromatic rings. The van der Waals surface area contributed by atoms with E-state index in [9.17, 15) is 9.50 Å². The molecule has 0 spiro atoms. The predicted molar refractivity (Wildman–Crippen MR) is 61.2 cm³/mol. The lowest BCUT2D eigenvalue weighted by molar-refractivity contribution is 0.0448. The van der Waals surface area contributed by atoms with Gasteiger partial charge in [-0.25, -0.2) is 4.39 Å². The summed E-state index contributed by atoms with van der Waals surface area (Å²) in [5.41, 5.74) is 0.972. The number of aliphatic hydroxyl groups excluding tert-OH is 1. The number of hydrogen-bond acceptors (Lipinski definition) is 1. The molecule has 0 amide bonds. The van der Waals surface area contributed by atoms with Crippen molar-refractivity contribution in [2.75, 3.05) is 6.61 Å². The molecule has 1 aliphatic rings. The average Bonchev–Trinajstić information content (AvgIpc) is 2.18. The number of halogens is 2. The normalized spacial score (nSPS) is 18.6. The highest BCUT2D eigenvalue weighted by molar-refractivity contribution is 9.10. The van der Waals surface area contributed by atoms with Crippen LogP contribution in [0.5, 0.6) is 0 Å². The van der Waals surface area contributed by atoms with Gasteiger partial charge in [-0.2, -0.15) is 0 Å². The van der Waals surface area contributed by atoms with Gasteiger partial charge in [0, 0.05) is 6.61 Å². The van der Waals surface area contributed by atoms with E-state index >= 15 is 0 Å². The van der Waals surface area contributed by atoms with Crippen LogP contribution in [0, 0.1) is 11.2 Å². The lowest BCUT2D eigenvalue weighted by Gasteiger charge is -2.40. The minimum Gasteiger partial charge on any atom is -0.396 e. The molecule has 1 fully saturated rings. The molecular weight excluding hydrogens is 259 g/mol. The van der Waals surface area contributed by atoms with E-state index in [0.717, 1.165) is 24.8 Å². The van der Waals surface area contributed by atoms with Gasteiger partial charge in [-0.05, 0) is 52.2 Å².